The fourth-order valence-corrected chi connectivity index (χ4v) is 5.82. The Bertz CT molecular complexity index is 1400. The van der Waals surface area contributed by atoms with Crippen molar-refractivity contribution in [3.05, 3.63) is 77.9 Å². The molecule has 1 aliphatic rings. The van der Waals surface area contributed by atoms with Crippen molar-refractivity contribution in [1.29, 1.82) is 0 Å². The normalized spacial score (nSPS) is 18.6. The summed E-state index contributed by atoms with van der Waals surface area (Å²) in [6.45, 7) is 1.72. The number of carbonyl (C=O) groups excluding carboxylic acids is 1. The van der Waals surface area contributed by atoms with Gasteiger partial charge in [0, 0.05) is 31.0 Å². The Morgan fingerprint density at radius 2 is 1.68 bits per heavy atom. The predicted molar refractivity (Wildman–Crippen MR) is 122 cm³/mol. The molecule has 1 aliphatic heterocycles. The van der Waals surface area contributed by atoms with Crippen LogP contribution in [0.5, 0.6) is 0 Å². The minimum atomic E-state index is -4.72. The van der Waals surface area contributed by atoms with Gasteiger partial charge in [0.1, 0.15) is 17.7 Å². The monoisotopic (exact) mass is 540 g/mol. The minimum absolute atomic E-state index is 0.0931. The molecule has 196 valence electrons. The average Bonchev–Trinajstić information content (AvgIpc) is 3.25. The summed E-state index contributed by atoms with van der Waals surface area (Å²) in [5.74, 6) is -3.34. The van der Waals surface area contributed by atoms with E-state index < -0.39 is 45.6 Å². The molecule has 0 aliphatic carbocycles. The maximum atomic E-state index is 14.2. The first kappa shape index (κ1) is 26.6. The van der Waals surface area contributed by atoms with Crippen LogP contribution < -0.4 is 5.32 Å². The number of sulfonamides is 1. The number of nitrogens with zero attached hydrogens (tertiary/aromatic N) is 3. The van der Waals surface area contributed by atoms with Crippen molar-refractivity contribution in [3.8, 4) is 11.1 Å². The van der Waals surface area contributed by atoms with Gasteiger partial charge < -0.3 is 5.32 Å². The van der Waals surface area contributed by atoms with E-state index >= 15 is 0 Å². The van der Waals surface area contributed by atoms with E-state index in [4.69, 9.17) is 0 Å². The topological polar surface area (TPSA) is 92.3 Å². The third-order valence-corrected chi connectivity index (χ3v) is 7.74. The number of alkyl halides is 3. The number of halogens is 5. The third-order valence-electron chi connectivity index (χ3n) is 5.85. The molecule has 2 atom stereocenters. The van der Waals surface area contributed by atoms with E-state index in [0.29, 0.717) is 5.56 Å². The summed E-state index contributed by atoms with van der Waals surface area (Å²) in [7, 11) is -4.08. The van der Waals surface area contributed by atoms with Gasteiger partial charge in [-0.05, 0) is 65.9 Å². The number of amides is 1. The van der Waals surface area contributed by atoms with Crippen LogP contribution >= 0.6 is 0 Å². The molecule has 0 radical (unpaired) electrons. The fourth-order valence-electron chi connectivity index (χ4n) is 4.10. The van der Waals surface area contributed by atoms with Crippen molar-refractivity contribution in [2.45, 2.75) is 37.0 Å². The van der Waals surface area contributed by atoms with Crippen LogP contribution in [0.2, 0.25) is 0 Å². The number of hydrogen-bond donors (Lipinski definition) is 1. The molecule has 37 heavy (non-hydrogen) atoms. The lowest BCUT2D eigenvalue weighted by Gasteiger charge is -2.23. The smallest absolute Gasteiger partial charge is 0.351 e. The van der Waals surface area contributed by atoms with Gasteiger partial charge in [-0.25, -0.2) is 27.2 Å². The second kappa shape index (κ2) is 10.1. The second-order valence-electron chi connectivity index (χ2n) is 8.74. The van der Waals surface area contributed by atoms with E-state index in [-0.39, 0.29) is 41.5 Å². The lowest BCUT2D eigenvalue weighted by atomic mass is 10.0. The average molecular weight is 541 g/mol. The van der Waals surface area contributed by atoms with Crippen molar-refractivity contribution in [1.82, 2.24) is 19.6 Å². The molecule has 0 saturated carbocycles. The Kier molecular flexibility index (Phi) is 7.29. The van der Waals surface area contributed by atoms with Gasteiger partial charge in [-0.3, -0.25) is 4.79 Å². The summed E-state index contributed by atoms with van der Waals surface area (Å²) < 4.78 is 92.9. The van der Waals surface area contributed by atoms with Gasteiger partial charge in [-0.1, -0.05) is 6.92 Å². The summed E-state index contributed by atoms with van der Waals surface area (Å²) in [6.07, 6.45) is -2.62. The highest BCUT2D eigenvalue weighted by Gasteiger charge is 2.42. The number of carbonyl (C=O) groups is 1. The molecule has 3 aromatic rings. The number of nitrogens with one attached hydrogen (secondary N) is 1. The van der Waals surface area contributed by atoms with Crippen LogP contribution in [0.4, 0.5) is 22.0 Å². The first-order valence-corrected chi connectivity index (χ1v) is 12.5. The van der Waals surface area contributed by atoms with Crippen molar-refractivity contribution in [2.75, 3.05) is 6.54 Å². The minimum Gasteiger partial charge on any atom is -0.351 e. The number of rotatable bonds is 6. The van der Waals surface area contributed by atoms with Gasteiger partial charge in [-0.2, -0.15) is 17.5 Å². The highest BCUT2D eigenvalue weighted by atomic mass is 32.2. The van der Waals surface area contributed by atoms with E-state index in [1.165, 1.54) is 6.07 Å². The molecule has 2 aromatic carbocycles. The van der Waals surface area contributed by atoms with E-state index in [0.717, 1.165) is 53.1 Å². The zero-order valence-corrected chi connectivity index (χ0v) is 20.2. The quantitative estimate of drug-likeness (QED) is 0.475. The molecule has 13 heteroatoms. The van der Waals surface area contributed by atoms with Crippen LogP contribution in [0.1, 0.15) is 24.7 Å². The molecule has 2 heterocycles. The largest absolute Gasteiger partial charge is 0.451 e. The van der Waals surface area contributed by atoms with Gasteiger partial charge in [-0.15, -0.1) is 0 Å². The van der Waals surface area contributed by atoms with Gasteiger partial charge in [0.05, 0.1) is 4.90 Å². The van der Waals surface area contributed by atoms with Gasteiger partial charge in [0.25, 0.3) is 0 Å². The summed E-state index contributed by atoms with van der Waals surface area (Å²) in [5, 5.41) is 2.61. The Hall–Kier alpha value is -3.45. The standard InChI is InChI=1S/C24H21F5N4O3S/c1-14-6-21(33(13-14)37(35,36)20-4-2-18(25)3-5-20)22(34)30-10-15-7-16(9-19(26)8-15)17-11-31-23(32-12-17)24(27,28)29/h2-5,7-9,11-12,14,21H,6,10,13H2,1H3,(H,30,34)/t14?,21-/m0/s1. The fraction of sp³-hybridized carbons (Fsp3) is 0.292. The van der Waals surface area contributed by atoms with Gasteiger partial charge in [0.2, 0.25) is 21.8 Å². The van der Waals surface area contributed by atoms with Crippen molar-refractivity contribution in [3.63, 3.8) is 0 Å². The molecular formula is C24H21F5N4O3S. The molecule has 7 nitrogen and oxygen atoms in total. The molecule has 1 aromatic heterocycles. The summed E-state index contributed by atoms with van der Waals surface area (Å²) in [5.41, 5.74) is 0.636. The van der Waals surface area contributed by atoms with Crippen LogP contribution in [-0.4, -0.2) is 41.2 Å². The molecule has 4 rings (SSSR count). The Balaban J connectivity index is 1.50. The van der Waals surface area contributed by atoms with E-state index in [9.17, 15) is 35.2 Å². The summed E-state index contributed by atoms with van der Waals surface area (Å²) in [4.78, 5) is 19.4. The SMILES string of the molecule is CC1C[C@@H](C(=O)NCc2cc(F)cc(-c3cnc(C(F)(F)F)nc3)c2)N(S(=O)(=O)c2ccc(F)cc2)C1. The summed E-state index contributed by atoms with van der Waals surface area (Å²) >= 11 is 0. The molecule has 1 unspecified atom stereocenters. The lowest BCUT2D eigenvalue weighted by molar-refractivity contribution is -0.145. The Morgan fingerprint density at radius 3 is 2.30 bits per heavy atom. The zero-order chi connectivity index (χ0) is 27.0. The highest BCUT2D eigenvalue weighted by molar-refractivity contribution is 7.89. The third kappa shape index (κ3) is 5.93. The molecule has 0 spiro atoms. The van der Waals surface area contributed by atoms with Crippen LogP contribution in [0, 0.1) is 17.6 Å². The highest BCUT2D eigenvalue weighted by Crippen LogP contribution is 2.30. The first-order chi connectivity index (χ1) is 17.3. The Labute approximate surface area is 209 Å². The van der Waals surface area contributed by atoms with Crippen LogP contribution in [0.15, 0.2) is 59.8 Å². The van der Waals surface area contributed by atoms with Crippen molar-refractivity contribution < 1.29 is 35.2 Å². The molecule has 0 bridgehead atoms. The first-order valence-electron chi connectivity index (χ1n) is 11.1. The van der Waals surface area contributed by atoms with Crippen LogP contribution in [-0.2, 0) is 27.5 Å². The van der Waals surface area contributed by atoms with Crippen molar-refractivity contribution in [2.24, 2.45) is 5.92 Å². The predicted octanol–water partition coefficient (Wildman–Crippen LogP) is 4.16. The molecule has 1 fully saturated rings. The van der Waals surface area contributed by atoms with E-state index in [2.05, 4.69) is 15.3 Å². The van der Waals surface area contributed by atoms with E-state index in [1.807, 2.05) is 0 Å². The second-order valence-corrected chi connectivity index (χ2v) is 10.6. The van der Waals surface area contributed by atoms with Crippen molar-refractivity contribution >= 4 is 15.9 Å². The Morgan fingerprint density at radius 1 is 1.03 bits per heavy atom. The number of aromatic nitrogens is 2. The van der Waals surface area contributed by atoms with Gasteiger partial charge >= 0.3 is 6.18 Å². The number of hydrogen-bond acceptors (Lipinski definition) is 5. The zero-order valence-electron chi connectivity index (χ0n) is 19.3. The van der Waals surface area contributed by atoms with Crippen LogP contribution in [0.3, 0.4) is 0 Å². The van der Waals surface area contributed by atoms with E-state index in [1.54, 1.807) is 6.92 Å². The van der Waals surface area contributed by atoms with Crippen LogP contribution in [0.25, 0.3) is 11.1 Å². The molecule has 1 amide bonds. The maximum Gasteiger partial charge on any atom is 0.451 e. The lowest BCUT2D eigenvalue weighted by Crippen LogP contribution is -2.45. The molecular weight excluding hydrogens is 519 g/mol. The molecule has 1 N–H and O–H groups in total. The maximum absolute atomic E-state index is 14.2. The summed E-state index contributed by atoms with van der Waals surface area (Å²) in [6, 6.07) is 6.95. The molecule has 1 saturated heterocycles. The van der Waals surface area contributed by atoms with Gasteiger partial charge in [0.15, 0.2) is 0 Å². The number of benzene rings is 2.